The number of hydrogen-bond donors (Lipinski definition) is 2. The number of halogens is 1. The molecule has 2 aromatic rings. The summed E-state index contributed by atoms with van der Waals surface area (Å²) in [7, 11) is 1.31. The molecule has 0 bridgehead atoms. The standard InChI is InChI=1S/C17H19FN2O3/c1-11-3-5-12(6-4-11)9-13(10-21)20-17(22)16-15(18)14(23-2)7-8-19-16/h3-8,13,21H,9-10H2,1-2H3,(H,20,22). The van der Waals surface area contributed by atoms with E-state index in [9.17, 15) is 14.3 Å². The second-order valence-corrected chi connectivity index (χ2v) is 5.22. The first-order chi connectivity index (χ1) is 11.0. The summed E-state index contributed by atoms with van der Waals surface area (Å²) >= 11 is 0. The van der Waals surface area contributed by atoms with Gasteiger partial charge in [0.1, 0.15) is 0 Å². The van der Waals surface area contributed by atoms with Crippen LogP contribution in [0.25, 0.3) is 0 Å². The summed E-state index contributed by atoms with van der Waals surface area (Å²) in [6.07, 6.45) is 1.73. The number of nitrogens with one attached hydrogen (secondary N) is 1. The molecular formula is C17H19FN2O3. The van der Waals surface area contributed by atoms with Crippen molar-refractivity contribution in [2.45, 2.75) is 19.4 Å². The summed E-state index contributed by atoms with van der Waals surface area (Å²) < 4.78 is 18.9. The highest BCUT2D eigenvalue weighted by Gasteiger charge is 2.20. The molecule has 2 rings (SSSR count). The molecule has 23 heavy (non-hydrogen) atoms. The van der Waals surface area contributed by atoms with Crippen molar-refractivity contribution in [2.24, 2.45) is 0 Å². The van der Waals surface area contributed by atoms with Crippen LogP contribution in [0.5, 0.6) is 5.75 Å². The number of rotatable bonds is 6. The van der Waals surface area contributed by atoms with Gasteiger partial charge in [-0.3, -0.25) is 4.79 Å². The molecule has 0 aliphatic rings. The monoisotopic (exact) mass is 318 g/mol. The van der Waals surface area contributed by atoms with Crippen molar-refractivity contribution in [1.82, 2.24) is 10.3 Å². The van der Waals surface area contributed by atoms with Crippen LogP contribution in [0.4, 0.5) is 4.39 Å². The Kier molecular flexibility index (Phi) is 5.65. The lowest BCUT2D eigenvalue weighted by Gasteiger charge is -2.16. The number of pyridine rings is 1. The van der Waals surface area contributed by atoms with Crippen molar-refractivity contribution in [3.8, 4) is 5.75 Å². The van der Waals surface area contributed by atoms with E-state index in [1.165, 1.54) is 19.4 Å². The molecule has 2 N–H and O–H groups in total. The number of aliphatic hydroxyl groups is 1. The predicted octanol–water partition coefficient (Wildman–Crippen LogP) is 1.87. The number of carbonyl (C=O) groups excluding carboxylic acids is 1. The maximum Gasteiger partial charge on any atom is 0.273 e. The van der Waals surface area contributed by atoms with Crippen LogP contribution in [0.1, 0.15) is 21.6 Å². The molecule has 6 heteroatoms. The van der Waals surface area contributed by atoms with Gasteiger partial charge in [0.25, 0.3) is 5.91 Å². The minimum absolute atomic E-state index is 0.0516. The minimum atomic E-state index is -0.820. The predicted molar refractivity (Wildman–Crippen MR) is 84.0 cm³/mol. The second kappa shape index (κ2) is 7.69. The van der Waals surface area contributed by atoms with Gasteiger partial charge in [0.15, 0.2) is 17.3 Å². The normalized spacial score (nSPS) is 11.8. The van der Waals surface area contributed by atoms with Gasteiger partial charge in [-0.15, -0.1) is 0 Å². The van der Waals surface area contributed by atoms with Crippen molar-refractivity contribution in [2.75, 3.05) is 13.7 Å². The van der Waals surface area contributed by atoms with E-state index >= 15 is 0 Å². The highest BCUT2D eigenvalue weighted by molar-refractivity contribution is 5.93. The summed E-state index contributed by atoms with van der Waals surface area (Å²) in [5, 5.41) is 12.0. The Morgan fingerprint density at radius 1 is 1.35 bits per heavy atom. The molecule has 1 unspecified atom stereocenters. The van der Waals surface area contributed by atoms with Crippen molar-refractivity contribution in [1.29, 1.82) is 0 Å². The second-order valence-electron chi connectivity index (χ2n) is 5.22. The molecule has 0 radical (unpaired) electrons. The Morgan fingerprint density at radius 2 is 2.04 bits per heavy atom. The molecule has 0 spiro atoms. The summed E-state index contributed by atoms with van der Waals surface area (Å²) in [5.41, 5.74) is 1.74. The van der Waals surface area contributed by atoms with E-state index in [2.05, 4.69) is 10.3 Å². The lowest BCUT2D eigenvalue weighted by atomic mass is 10.0. The maximum absolute atomic E-state index is 14.0. The Balaban J connectivity index is 2.09. The van der Waals surface area contributed by atoms with Crippen LogP contribution >= 0.6 is 0 Å². The number of aromatic nitrogens is 1. The van der Waals surface area contributed by atoms with Gasteiger partial charge >= 0.3 is 0 Å². The van der Waals surface area contributed by atoms with Crippen molar-refractivity contribution < 1.29 is 19.0 Å². The Hall–Kier alpha value is -2.47. The fraction of sp³-hybridized carbons (Fsp3) is 0.294. The van der Waals surface area contributed by atoms with Crippen LogP contribution in [0.3, 0.4) is 0 Å². The van der Waals surface area contributed by atoms with Gasteiger partial charge in [-0.25, -0.2) is 9.37 Å². The van der Waals surface area contributed by atoms with Gasteiger partial charge in [0.05, 0.1) is 19.8 Å². The zero-order valence-electron chi connectivity index (χ0n) is 13.0. The van der Waals surface area contributed by atoms with E-state index < -0.39 is 17.8 Å². The summed E-state index contributed by atoms with van der Waals surface area (Å²) in [6.45, 7) is 1.72. The topological polar surface area (TPSA) is 71.5 Å². The quantitative estimate of drug-likeness (QED) is 0.853. The number of nitrogens with zero attached hydrogens (tertiary/aromatic N) is 1. The summed E-state index contributed by atoms with van der Waals surface area (Å²) in [6, 6.07) is 8.56. The third kappa shape index (κ3) is 4.26. The van der Waals surface area contributed by atoms with Gasteiger partial charge < -0.3 is 15.2 Å². The van der Waals surface area contributed by atoms with Crippen molar-refractivity contribution >= 4 is 5.91 Å². The Labute approximate surface area is 134 Å². The molecule has 0 aliphatic carbocycles. The van der Waals surface area contributed by atoms with E-state index in [1.807, 2.05) is 31.2 Å². The average Bonchev–Trinajstić information content (AvgIpc) is 2.56. The fourth-order valence-corrected chi connectivity index (χ4v) is 2.17. The lowest BCUT2D eigenvalue weighted by molar-refractivity contribution is 0.0906. The van der Waals surface area contributed by atoms with Gasteiger partial charge in [-0.05, 0) is 18.9 Å². The van der Waals surface area contributed by atoms with Crippen LogP contribution < -0.4 is 10.1 Å². The molecule has 1 amide bonds. The molecule has 1 heterocycles. The van der Waals surface area contributed by atoms with Crippen LogP contribution in [-0.4, -0.2) is 35.8 Å². The smallest absolute Gasteiger partial charge is 0.273 e. The van der Waals surface area contributed by atoms with Crippen LogP contribution in [0.15, 0.2) is 36.5 Å². The summed E-state index contributed by atoms with van der Waals surface area (Å²) in [5.74, 6) is -1.56. The maximum atomic E-state index is 14.0. The van der Waals surface area contributed by atoms with Gasteiger partial charge in [-0.1, -0.05) is 29.8 Å². The number of ether oxygens (including phenoxy) is 1. The number of amides is 1. The van der Waals surface area contributed by atoms with Crippen molar-refractivity contribution in [3.63, 3.8) is 0 Å². The molecular weight excluding hydrogens is 299 g/mol. The molecule has 5 nitrogen and oxygen atoms in total. The highest BCUT2D eigenvalue weighted by atomic mass is 19.1. The third-order valence-electron chi connectivity index (χ3n) is 3.45. The Morgan fingerprint density at radius 3 is 2.65 bits per heavy atom. The van der Waals surface area contributed by atoms with E-state index in [1.54, 1.807) is 0 Å². The first-order valence-corrected chi connectivity index (χ1v) is 7.21. The largest absolute Gasteiger partial charge is 0.494 e. The lowest BCUT2D eigenvalue weighted by Crippen LogP contribution is -2.39. The number of hydrogen-bond acceptors (Lipinski definition) is 4. The molecule has 0 fully saturated rings. The van der Waals surface area contributed by atoms with E-state index in [4.69, 9.17) is 4.74 Å². The highest BCUT2D eigenvalue weighted by Crippen LogP contribution is 2.18. The zero-order chi connectivity index (χ0) is 16.8. The molecule has 0 saturated heterocycles. The van der Waals surface area contributed by atoms with Crippen molar-refractivity contribution in [3.05, 3.63) is 59.2 Å². The van der Waals surface area contributed by atoms with E-state index in [-0.39, 0.29) is 18.1 Å². The van der Waals surface area contributed by atoms with Crippen LogP contribution in [0.2, 0.25) is 0 Å². The molecule has 0 saturated carbocycles. The Bertz CT molecular complexity index is 674. The molecule has 0 aliphatic heterocycles. The SMILES string of the molecule is COc1ccnc(C(=O)NC(CO)Cc2ccc(C)cc2)c1F. The van der Waals surface area contributed by atoms with Gasteiger partial charge in [0.2, 0.25) is 0 Å². The molecule has 1 aromatic carbocycles. The number of carbonyl (C=O) groups is 1. The van der Waals surface area contributed by atoms with Crippen LogP contribution in [0, 0.1) is 12.7 Å². The molecule has 1 atom stereocenters. The van der Waals surface area contributed by atoms with E-state index in [0.717, 1.165) is 11.1 Å². The third-order valence-corrected chi connectivity index (χ3v) is 3.45. The van der Waals surface area contributed by atoms with E-state index in [0.29, 0.717) is 6.42 Å². The first-order valence-electron chi connectivity index (χ1n) is 7.21. The number of benzene rings is 1. The average molecular weight is 318 g/mol. The van der Waals surface area contributed by atoms with Gasteiger partial charge in [0, 0.05) is 12.3 Å². The van der Waals surface area contributed by atoms with Gasteiger partial charge in [-0.2, -0.15) is 0 Å². The molecule has 122 valence electrons. The fourth-order valence-electron chi connectivity index (χ4n) is 2.17. The zero-order valence-corrected chi connectivity index (χ0v) is 13.0. The first kappa shape index (κ1) is 16.9. The van der Waals surface area contributed by atoms with Crippen LogP contribution in [-0.2, 0) is 6.42 Å². The minimum Gasteiger partial charge on any atom is -0.494 e. The number of aryl methyl sites for hydroxylation is 1. The number of aliphatic hydroxyl groups excluding tert-OH is 1. The summed E-state index contributed by atoms with van der Waals surface area (Å²) in [4.78, 5) is 15.9. The number of methoxy groups -OCH3 is 1. The molecule has 1 aromatic heterocycles.